The molecule has 0 spiro atoms. The number of aryl methyl sites for hydroxylation is 2. The maximum Gasteiger partial charge on any atom is 0.270 e. The molecule has 2 aromatic carbocycles. The van der Waals surface area contributed by atoms with Gasteiger partial charge in [-0.25, -0.2) is 8.42 Å². The van der Waals surface area contributed by atoms with Crippen molar-refractivity contribution in [1.29, 1.82) is 0 Å². The zero-order chi connectivity index (χ0) is 21.0. The molecule has 0 saturated heterocycles. The monoisotopic (exact) mass is 410 g/mol. The van der Waals surface area contributed by atoms with Crippen molar-refractivity contribution in [2.24, 2.45) is 0 Å². The van der Waals surface area contributed by atoms with Gasteiger partial charge in [0.05, 0.1) is 4.90 Å². The molecular formula is C22H22N2O4S. The lowest BCUT2D eigenvalue weighted by Crippen LogP contribution is -2.35. The van der Waals surface area contributed by atoms with Gasteiger partial charge < -0.3 is 9.88 Å². The van der Waals surface area contributed by atoms with Crippen molar-refractivity contribution in [3.8, 4) is 0 Å². The molecule has 1 amide bonds. The highest BCUT2D eigenvalue weighted by Crippen LogP contribution is 2.21. The molecular weight excluding hydrogens is 388 g/mol. The molecule has 0 bridgehead atoms. The smallest absolute Gasteiger partial charge is 0.270 e. The molecule has 0 radical (unpaired) electrons. The van der Waals surface area contributed by atoms with Gasteiger partial charge in [0.2, 0.25) is 15.7 Å². The Balaban J connectivity index is 1.92. The van der Waals surface area contributed by atoms with Crippen LogP contribution in [0.3, 0.4) is 0 Å². The van der Waals surface area contributed by atoms with Gasteiger partial charge in [-0.1, -0.05) is 48.5 Å². The van der Waals surface area contributed by atoms with E-state index < -0.39 is 15.4 Å². The minimum atomic E-state index is -4.00. The van der Waals surface area contributed by atoms with Crippen molar-refractivity contribution in [2.45, 2.75) is 36.7 Å². The molecule has 3 rings (SSSR count). The second-order valence-electron chi connectivity index (χ2n) is 6.77. The number of hydrogen-bond acceptors (Lipinski definition) is 4. The fourth-order valence-corrected chi connectivity index (χ4v) is 4.72. The van der Waals surface area contributed by atoms with Crippen LogP contribution in [-0.4, -0.2) is 18.9 Å². The molecule has 0 unspecified atom stereocenters. The number of rotatable bonds is 6. The number of aromatic nitrogens is 1. The van der Waals surface area contributed by atoms with Crippen LogP contribution >= 0.6 is 0 Å². The number of carbonyl (C=O) groups is 1. The average molecular weight is 410 g/mol. The van der Waals surface area contributed by atoms with Crippen LogP contribution in [0.25, 0.3) is 0 Å². The SMILES string of the molecule is Cc1cc(C)n(CC(=O)NCc2ccccc2)c(=O)c1S(=O)(=O)c1ccccc1. The van der Waals surface area contributed by atoms with E-state index >= 15 is 0 Å². The number of amides is 1. The fourth-order valence-electron chi connectivity index (χ4n) is 3.15. The third-order valence-electron chi connectivity index (χ3n) is 4.61. The van der Waals surface area contributed by atoms with E-state index in [0.29, 0.717) is 17.8 Å². The summed E-state index contributed by atoms with van der Waals surface area (Å²) in [6.45, 7) is 3.34. The molecule has 6 nitrogen and oxygen atoms in total. The lowest BCUT2D eigenvalue weighted by atomic mass is 10.2. The lowest BCUT2D eigenvalue weighted by molar-refractivity contribution is -0.121. The molecule has 3 aromatic rings. The van der Waals surface area contributed by atoms with E-state index in [1.54, 1.807) is 38.1 Å². The van der Waals surface area contributed by atoms with Crippen LogP contribution in [0, 0.1) is 13.8 Å². The summed E-state index contributed by atoms with van der Waals surface area (Å²) in [5.74, 6) is -0.369. The largest absolute Gasteiger partial charge is 0.350 e. The number of benzene rings is 2. The minimum Gasteiger partial charge on any atom is -0.350 e. The topological polar surface area (TPSA) is 85.2 Å². The number of nitrogens with one attached hydrogen (secondary N) is 1. The normalized spacial score (nSPS) is 11.2. The van der Waals surface area contributed by atoms with Gasteiger partial charge >= 0.3 is 0 Å². The van der Waals surface area contributed by atoms with Gasteiger partial charge in [0.15, 0.2) is 0 Å². The van der Waals surface area contributed by atoms with Gasteiger partial charge in [-0.15, -0.1) is 0 Å². The van der Waals surface area contributed by atoms with Crippen LogP contribution in [0.15, 0.2) is 81.3 Å². The predicted molar refractivity (Wildman–Crippen MR) is 110 cm³/mol. The first-order valence-corrected chi connectivity index (χ1v) is 10.6. The summed E-state index contributed by atoms with van der Waals surface area (Å²) in [4.78, 5) is 25.2. The highest BCUT2D eigenvalue weighted by molar-refractivity contribution is 7.91. The van der Waals surface area contributed by atoms with Crippen LogP contribution in [0.2, 0.25) is 0 Å². The Morgan fingerprint density at radius 1 is 0.966 bits per heavy atom. The molecule has 7 heteroatoms. The number of hydrogen-bond donors (Lipinski definition) is 1. The third-order valence-corrected chi connectivity index (χ3v) is 6.53. The minimum absolute atomic E-state index is 0.0455. The molecule has 0 aliphatic rings. The number of pyridine rings is 1. The van der Waals surface area contributed by atoms with Gasteiger partial charge in [0.25, 0.3) is 5.56 Å². The van der Waals surface area contributed by atoms with Crippen LogP contribution in [0.5, 0.6) is 0 Å². The van der Waals surface area contributed by atoms with Crippen LogP contribution in [-0.2, 0) is 27.7 Å². The van der Waals surface area contributed by atoms with Crippen molar-refractivity contribution < 1.29 is 13.2 Å². The quantitative estimate of drug-likeness (QED) is 0.677. The standard InChI is InChI=1S/C22H22N2O4S/c1-16-13-17(2)24(15-20(25)23-14-18-9-5-3-6-10-18)22(26)21(16)29(27,28)19-11-7-4-8-12-19/h3-13H,14-15H2,1-2H3,(H,23,25). The summed E-state index contributed by atoms with van der Waals surface area (Å²) in [5, 5.41) is 2.76. The molecule has 0 fully saturated rings. The summed E-state index contributed by atoms with van der Waals surface area (Å²) in [6, 6.07) is 18.8. The molecule has 150 valence electrons. The zero-order valence-electron chi connectivity index (χ0n) is 16.3. The summed E-state index contributed by atoms with van der Waals surface area (Å²) >= 11 is 0. The van der Waals surface area contributed by atoms with E-state index in [1.165, 1.54) is 16.7 Å². The molecule has 29 heavy (non-hydrogen) atoms. The van der Waals surface area contributed by atoms with Crippen molar-refractivity contribution in [3.63, 3.8) is 0 Å². The third kappa shape index (κ3) is 4.46. The Hall–Kier alpha value is -3.19. The van der Waals surface area contributed by atoms with E-state index in [-0.39, 0.29) is 22.2 Å². The first-order chi connectivity index (χ1) is 13.8. The van der Waals surface area contributed by atoms with Gasteiger partial charge in [-0.2, -0.15) is 0 Å². The molecule has 0 aliphatic heterocycles. The fraction of sp³-hybridized carbons (Fsp3) is 0.182. The summed E-state index contributed by atoms with van der Waals surface area (Å²) in [6.07, 6.45) is 0. The van der Waals surface area contributed by atoms with Gasteiger partial charge in [0.1, 0.15) is 11.4 Å². The summed E-state index contributed by atoms with van der Waals surface area (Å²) < 4.78 is 27.2. The highest BCUT2D eigenvalue weighted by Gasteiger charge is 2.26. The number of carbonyl (C=O) groups excluding carboxylic acids is 1. The molecule has 0 saturated carbocycles. The first kappa shape index (κ1) is 20.5. The molecule has 1 N–H and O–H groups in total. The van der Waals surface area contributed by atoms with E-state index in [4.69, 9.17) is 0 Å². The van der Waals surface area contributed by atoms with E-state index in [1.807, 2.05) is 30.3 Å². The Morgan fingerprint density at radius 3 is 2.17 bits per heavy atom. The molecule has 0 atom stereocenters. The average Bonchev–Trinajstić information content (AvgIpc) is 2.70. The molecule has 0 aliphatic carbocycles. The predicted octanol–water partition coefficient (Wildman–Crippen LogP) is 2.61. The first-order valence-electron chi connectivity index (χ1n) is 9.12. The second kappa shape index (κ2) is 8.45. The Morgan fingerprint density at radius 2 is 1.55 bits per heavy atom. The summed E-state index contributed by atoms with van der Waals surface area (Å²) in [7, 11) is -4.00. The Kier molecular flexibility index (Phi) is 5.98. The van der Waals surface area contributed by atoms with Crippen LogP contribution in [0.1, 0.15) is 16.8 Å². The van der Waals surface area contributed by atoms with E-state index in [9.17, 15) is 18.0 Å². The van der Waals surface area contributed by atoms with Crippen molar-refractivity contribution in [2.75, 3.05) is 0 Å². The summed E-state index contributed by atoms with van der Waals surface area (Å²) in [5.41, 5.74) is 1.12. The van der Waals surface area contributed by atoms with Gasteiger partial charge in [-0.05, 0) is 43.2 Å². The Bertz CT molecular complexity index is 1180. The van der Waals surface area contributed by atoms with E-state index in [2.05, 4.69) is 5.32 Å². The molecule has 1 aromatic heterocycles. The number of nitrogens with zero attached hydrogens (tertiary/aromatic N) is 1. The van der Waals surface area contributed by atoms with E-state index in [0.717, 1.165) is 5.56 Å². The maximum atomic E-state index is 13.0. The van der Waals surface area contributed by atoms with Gasteiger partial charge in [-0.3, -0.25) is 9.59 Å². The highest BCUT2D eigenvalue weighted by atomic mass is 32.2. The zero-order valence-corrected chi connectivity index (χ0v) is 17.1. The number of sulfone groups is 1. The molecule has 1 heterocycles. The van der Waals surface area contributed by atoms with Gasteiger partial charge in [0, 0.05) is 12.2 Å². The Labute approximate surface area is 169 Å². The van der Waals surface area contributed by atoms with Crippen molar-refractivity contribution in [1.82, 2.24) is 9.88 Å². The van der Waals surface area contributed by atoms with Crippen LogP contribution in [0.4, 0.5) is 0 Å². The maximum absolute atomic E-state index is 13.0. The van der Waals surface area contributed by atoms with Crippen LogP contribution < -0.4 is 10.9 Å². The lowest BCUT2D eigenvalue weighted by Gasteiger charge is -2.15. The van der Waals surface area contributed by atoms with Crippen molar-refractivity contribution >= 4 is 15.7 Å². The van der Waals surface area contributed by atoms with Crippen molar-refractivity contribution in [3.05, 3.63) is 93.9 Å². The second-order valence-corrected chi connectivity index (χ2v) is 8.65.